The molecule has 3 fully saturated rings. The van der Waals surface area contributed by atoms with Crippen molar-refractivity contribution in [3.8, 4) is 0 Å². The van der Waals surface area contributed by atoms with Gasteiger partial charge in [-0.3, -0.25) is 9.69 Å². The number of fused-ring (bicyclic) bond motifs is 2. The maximum Gasteiger partial charge on any atom is 0.253 e. The molecule has 6 heteroatoms. The van der Waals surface area contributed by atoms with E-state index in [1.807, 2.05) is 23.1 Å². The first-order valence-corrected chi connectivity index (χ1v) is 10.9. The minimum atomic E-state index is -0.300. The Balaban J connectivity index is 1.31. The second-order valence-corrected chi connectivity index (χ2v) is 9.12. The molecule has 0 bridgehead atoms. The van der Waals surface area contributed by atoms with Crippen molar-refractivity contribution in [3.05, 3.63) is 35.0 Å². The molecule has 6 nitrogen and oxygen atoms in total. The third-order valence-corrected chi connectivity index (χ3v) is 7.47. The Morgan fingerprint density at radius 1 is 1.14 bits per heavy atom. The zero-order valence-corrected chi connectivity index (χ0v) is 17.4. The van der Waals surface area contributed by atoms with Crippen LogP contribution < -0.4 is 0 Å². The number of aromatic amines is 1. The molecule has 1 aromatic carbocycles. The normalized spacial score (nSPS) is 30.7. The molecule has 2 N–H and O–H groups in total. The van der Waals surface area contributed by atoms with Crippen LogP contribution in [0, 0.1) is 25.7 Å². The molecule has 2 aliphatic heterocycles. The number of nitrogens with one attached hydrogen (secondary N) is 1. The van der Waals surface area contributed by atoms with Crippen LogP contribution in [-0.2, 0) is 4.74 Å². The van der Waals surface area contributed by atoms with Gasteiger partial charge in [0.25, 0.3) is 5.91 Å². The van der Waals surface area contributed by atoms with E-state index in [9.17, 15) is 9.90 Å². The Kier molecular flexibility index (Phi) is 4.88. The molecule has 0 spiro atoms. The highest BCUT2D eigenvalue weighted by atomic mass is 16.5. The van der Waals surface area contributed by atoms with Crippen LogP contribution in [-0.4, -0.2) is 77.3 Å². The van der Waals surface area contributed by atoms with Crippen LogP contribution >= 0.6 is 0 Å². The lowest BCUT2D eigenvalue weighted by atomic mass is 9.77. The molecule has 4 atom stereocenters. The van der Waals surface area contributed by atoms with Gasteiger partial charge in [-0.05, 0) is 62.3 Å². The zero-order valence-electron chi connectivity index (χ0n) is 17.4. The predicted molar refractivity (Wildman–Crippen MR) is 112 cm³/mol. The Morgan fingerprint density at radius 3 is 2.62 bits per heavy atom. The highest BCUT2D eigenvalue weighted by Crippen LogP contribution is 2.39. The van der Waals surface area contributed by atoms with Gasteiger partial charge in [0.05, 0.1) is 19.3 Å². The first kappa shape index (κ1) is 19.1. The van der Waals surface area contributed by atoms with Gasteiger partial charge in [-0.1, -0.05) is 0 Å². The molecule has 0 radical (unpaired) electrons. The van der Waals surface area contributed by atoms with Gasteiger partial charge in [-0.15, -0.1) is 0 Å². The minimum Gasteiger partial charge on any atom is -0.391 e. The van der Waals surface area contributed by atoms with Gasteiger partial charge >= 0.3 is 0 Å². The first-order chi connectivity index (χ1) is 14.0. The van der Waals surface area contributed by atoms with Crippen LogP contribution in [0.3, 0.4) is 0 Å². The smallest absolute Gasteiger partial charge is 0.253 e. The number of benzene rings is 1. The molecular formula is C23H31N3O3. The van der Waals surface area contributed by atoms with Crippen LogP contribution in [0.25, 0.3) is 10.9 Å². The number of morpholine rings is 1. The van der Waals surface area contributed by atoms with Crippen LogP contribution in [0.5, 0.6) is 0 Å². The SMILES string of the molecule is Cc1[nH]c2ccc(C(=O)N3C[C@H]4C[C@@H](N5CCOCC5)[C@H](O)C[C@H]4C3)cc2c1C. The third kappa shape index (κ3) is 3.37. The minimum absolute atomic E-state index is 0.122. The molecule has 3 heterocycles. The summed E-state index contributed by atoms with van der Waals surface area (Å²) in [5, 5.41) is 11.9. The summed E-state index contributed by atoms with van der Waals surface area (Å²) in [6.07, 6.45) is 1.47. The van der Waals surface area contributed by atoms with Gasteiger partial charge in [0.2, 0.25) is 0 Å². The molecule has 29 heavy (non-hydrogen) atoms. The van der Waals surface area contributed by atoms with Crippen molar-refractivity contribution >= 4 is 16.8 Å². The van der Waals surface area contributed by atoms with Crippen molar-refractivity contribution < 1.29 is 14.6 Å². The summed E-state index contributed by atoms with van der Waals surface area (Å²) in [6.45, 7) is 9.04. The molecule has 5 rings (SSSR count). The van der Waals surface area contributed by atoms with Crippen molar-refractivity contribution in [1.29, 1.82) is 0 Å². The molecule has 0 unspecified atom stereocenters. The monoisotopic (exact) mass is 397 g/mol. The lowest BCUT2D eigenvalue weighted by Gasteiger charge is -2.43. The summed E-state index contributed by atoms with van der Waals surface area (Å²) in [6, 6.07) is 6.19. The Bertz CT molecular complexity index is 917. The second kappa shape index (κ2) is 7.42. The molecule has 1 amide bonds. The van der Waals surface area contributed by atoms with E-state index in [1.54, 1.807) is 0 Å². The average Bonchev–Trinajstić information content (AvgIpc) is 3.27. The maximum absolute atomic E-state index is 13.2. The van der Waals surface area contributed by atoms with Crippen molar-refractivity contribution in [2.45, 2.75) is 38.8 Å². The van der Waals surface area contributed by atoms with Gasteiger partial charge in [0.15, 0.2) is 0 Å². The van der Waals surface area contributed by atoms with E-state index >= 15 is 0 Å². The lowest BCUT2D eigenvalue weighted by molar-refractivity contribution is -0.0520. The number of aryl methyl sites for hydroxylation is 2. The molecule has 1 saturated carbocycles. The standard InChI is InChI=1S/C23H31N3O3/c1-14-15(2)24-20-4-3-16(9-19(14)20)23(28)26-12-17-10-21(22(27)11-18(17)13-26)25-5-7-29-8-6-25/h3-4,9,17-18,21-22,24,27H,5-8,10-13H2,1-2H3/t17-,18+,21-,22-/m1/s1. The highest BCUT2D eigenvalue weighted by molar-refractivity contribution is 5.99. The lowest BCUT2D eigenvalue weighted by Crippen LogP contribution is -2.53. The van der Waals surface area contributed by atoms with Gasteiger partial charge in [0.1, 0.15) is 0 Å². The number of aliphatic hydroxyl groups excluding tert-OH is 1. The molecule has 2 saturated heterocycles. The summed E-state index contributed by atoms with van der Waals surface area (Å²) < 4.78 is 5.47. The molecule has 3 aliphatic rings. The number of likely N-dealkylation sites (tertiary alicyclic amines) is 1. The van der Waals surface area contributed by atoms with Gasteiger partial charge in [-0.25, -0.2) is 0 Å². The van der Waals surface area contributed by atoms with Crippen molar-refractivity contribution in [2.75, 3.05) is 39.4 Å². The average molecular weight is 398 g/mol. The summed E-state index contributed by atoms with van der Waals surface area (Å²) in [5.41, 5.74) is 4.22. The number of H-pyrrole nitrogens is 1. The quantitative estimate of drug-likeness (QED) is 0.816. The number of ether oxygens (including phenoxy) is 1. The van der Waals surface area contributed by atoms with E-state index in [0.29, 0.717) is 11.8 Å². The third-order valence-electron chi connectivity index (χ3n) is 7.47. The summed E-state index contributed by atoms with van der Waals surface area (Å²) in [4.78, 5) is 21.0. The molecule has 1 aliphatic carbocycles. The number of carbonyl (C=O) groups excluding carboxylic acids is 1. The number of carbonyl (C=O) groups is 1. The number of nitrogens with zero attached hydrogens (tertiary/aromatic N) is 2. The van der Waals surface area contributed by atoms with Crippen molar-refractivity contribution in [2.24, 2.45) is 11.8 Å². The highest BCUT2D eigenvalue weighted by Gasteiger charge is 2.44. The first-order valence-electron chi connectivity index (χ1n) is 10.9. The number of hydrogen-bond donors (Lipinski definition) is 2. The number of aromatic nitrogens is 1. The number of hydrogen-bond acceptors (Lipinski definition) is 4. The van der Waals surface area contributed by atoms with Crippen LogP contribution in [0.15, 0.2) is 18.2 Å². The largest absolute Gasteiger partial charge is 0.391 e. The maximum atomic E-state index is 13.2. The number of aliphatic hydroxyl groups is 1. The van der Waals surface area contributed by atoms with E-state index in [4.69, 9.17) is 4.74 Å². The predicted octanol–water partition coefficient (Wildman–Crippen LogP) is 2.33. The van der Waals surface area contributed by atoms with Gasteiger partial charge in [-0.2, -0.15) is 0 Å². The number of rotatable bonds is 2. The Morgan fingerprint density at radius 2 is 1.86 bits per heavy atom. The fourth-order valence-corrected chi connectivity index (χ4v) is 5.65. The fraction of sp³-hybridized carbons (Fsp3) is 0.609. The second-order valence-electron chi connectivity index (χ2n) is 9.12. The van der Waals surface area contributed by atoms with E-state index in [-0.39, 0.29) is 18.1 Å². The topological polar surface area (TPSA) is 68.8 Å². The molecule has 1 aromatic heterocycles. The molecule has 2 aromatic rings. The van der Waals surface area contributed by atoms with Gasteiger partial charge < -0.3 is 19.7 Å². The van der Waals surface area contributed by atoms with Gasteiger partial charge in [0, 0.05) is 54.4 Å². The Hall–Kier alpha value is -1.89. The van der Waals surface area contributed by atoms with Crippen LogP contribution in [0.4, 0.5) is 0 Å². The van der Waals surface area contributed by atoms with E-state index in [2.05, 4.69) is 23.7 Å². The fourth-order valence-electron chi connectivity index (χ4n) is 5.65. The van der Waals surface area contributed by atoms with E-state index in [1.165, 1.54) is 5.56 Å². The summed E-state index contributed by atoms with van der Waals surface area (Å²) >= 11 is 0. The summed E-state index contributed by atoms with van der Waals surface area (Å²) in [5.74, 6) is 1.01. The van der Waals surface area contributed by atoms with Crippen LogP contribution in [0.2, 0.25) is 0 Å². The molecular weight excluding hydrogens is 366 g/mol. The summed E-state index contributed by atoms with van der Waals surface area (Å²) in [7, 11) is 0. The van der Waals surface area contributed by atoms with E-state index < -0.39 is 0 Å². The van der Waals surface area contributed by atoms with E-state index in [0.717, 1.165) is 74.4 Å². The zero-order chi connectivity index (χ0) is 20.1. The van der Waals surface area contributed by atoms with Crippen molar-refractivity contribution in [1.82, 2.24) is 14.8 Å². The Labute approximate surface area is 171 Å². The van der Waals surface area contributed by atoms with Crippen molar-refractivity contribution in [3.63, 3.8) is 0 Å². The number of amides is 1. The van der Waals surface area contributed by atoms with Crippen LogP contribution in [0.1, 0.15) is 34.5 Å². The molecule has 156 valence electrons.